The lowest BCUT2D eigenvalue weighted by molar-refractivity contribution is 0.0937. The average Bonchev–Trinajstić information content (AvgIpc) is 3.26. The van der Waals surface area contributed by atoms with E-state index in [1.165, 1.54) is 24.2 Å². The van der Waals surface area contributed by atoms with Gasteiger partial charge in [0.05, 0.1) is 0 Å². The van der Waals surface area contributed by atoms with Gasteiger partial charge in [-0.2, -0.15) is 0 Å². The van der Waals surface area contributed by atoms with E-state index in [4.69, 9.17) is 5.73 Å². The van der Waals surface area contributed by atoms with Crippen molar-refractivity contribution in [2.45, 2.75) is 38.3 Å². The fraction of sp³-hybridized carbons (Fsp3) is 0.353. The first-order valence-corrected chi connectivity index (χ1v) is 8.90. The number of hydrogen-bond acceptors (Lipinski definition) is 5. The van der Waals surface area contributed by atoms with Gasteiger partial charge >= 0.3 is 0 Å². The maximum Gasteiger partial charge on any atom is 0.275 e. The minimum Gasteiger partial charge on any atom is -0.349 e. The number of halogens is 1. The summed E-state index contributed by atoms with van der Waals surface area (Å²) in [4.78, 5) is 28.4. The van der Waals surface area contributed by atoms with Crippen LogP contribution in [0, 0.1) is 0 Å². The van der Waals surface area contributed by atoms with Gasteiger partial charge in [0.1, 0.15) is 10.7 Å². The number of nitrogens with one attached hydrogen (secondary N) is 2. The Kier molecular flexibility index (Phi) is 6.92. The van der Waals surface area contributed by atoms with Crippen LogP contribution in [0.1, 0.15) is 51.5 Å². The van der Waals surface area contributed by atoms with Gasteiger partial charge in [-0.3, -0.25) is 9.59 Å². The first-order valence-electron chi connectivity index (χ1n) is 8.02. The molecule has 134 valence electrons. The quantitative estimate of drug-likeness (QED) is 0.742. The minimum atomic E-state index is -0.283. The second-order valence-corrected chi connectivity index (χ2v) is 6.76. The number of carbonyl (C=O) groups is 2. The molecule has 25 heavy (non-hydrogen) atoms. The molecule has 0 unspecified atom stereocenters. The molecule has 8 heteroatoms. The fourth-order valence-corrected chi connectivity index (χ4v) is 3.40. The van der Waals surface area contributed by atoms with Gasteiger partial charge in [0.15, 0.2) is 0 Å². The van der Waals surface area contributed by atoms with E-state index in [0.717, 1.165) is 17.8 Å². The Labute approximate surface area is 156 Å². The number of carbonyl (C=O) groups excluding carboxylic acids is 2. The Morgan fingerprint density at radius 2 is 1.84 bits per heavy atom. The van der Waals surface area contributed by atoms with Crippen molar-refractivity contribution in [2.24, 2.45) is 5.73 Å². The third-order valence-corrected chi connectivity index (χ3v) is 4.93. The Bertz CT molecular complexity index is 727. The summed E-state index contributed by atoms with van der Waals surface area (Å²) < 4.78 is 0. The molecule has 0 bridgehead atoms. The largest absolute Gasteiger partial charge is 0.349 e. The molecule has 0 atom stereocenters. The van der Waals surface area contributed by atoms with Crippen LogP contribution in [-0.2, 0) is 6.54 Å². The molecule has 1 aliphatic rings. The van der Waals surface area contributed by atoms with E-state index in [1.807, 2.05) is 0 Å². The number of amides is 2. The molecule has 3 rings (SSSR count). The van der Waals surface area contributed by atoms with E-state index >= 15 is 0 Å². The van der Waals surface area contributed by atoms with Crippen LogP contribution in [0.5, 0.6) is 0 Å². The van der Waals surface area contributed by atoms with Crippen molar-refractivity contribution in [1.82, 2.24) is 10.3 Å². The minimum absolute atomic E-state index is 0. The third-order valence-electron chi connectivity index (χ3n) is 4.05. The van der Waals surface area contributed by atoms with Gasteiger partial charge in [0.2, 0.25) is 0 Å². The molecule has 1 aliphatic carbocycles. The summed E-state index contributed by atoms with van der Waals surface area (Å²) in [5, 5.41) is 8.21. The van der Waals surface area contributed by atoms with Crippen LogP contribution in [0.25, 0.3) is 0 Å². The Hall–Kier alpha value is -1.96. The summed E-state index contributed by atoms with van der Waals surface area (Å²) in [5.41, 5.74) is 7.07. The van der Waals surface area contributed by atoms with E-state index in [1.54, 1.807) is 29.6 Å². The molecule has 1 saturated carbocycles. The lowest BCUT2D eigenvalue weighted by Crippen LogP contribution is -2.32. The Balaban J connectivity index is 0.00000225. The molecule has 1 fully saturated rings. The molecule has 6 nitrogen and oxygen atoms in total. The van der Waals surface area contributed by atoms with Gasteiger partial charge in [-0.25, -0.2) is 4.98 Å². The first-order chi connectivity index (χ1) is 11.7. The number of nitrogens with zero attached hydrogens (tertiary/aromatic N) is 1. The summed E-state index contributed by atoms with van der Waals surface area (Å²) in [7, 11) is 0. The molecule has 0 saturated heterocycles. The summed E-state index contributed by atoms with van der Waals surface area (Å²) in [6, 6.07) is 7.16. The molecule has 0 aliphatic heterocycles. The topological polar surface area (TPSA) is 97.1 Å². The van der Waals surface area contributed by atoms with Crippen molar-refractivity contribution in [3.63, 3.8) is 0 Å². The van der Waals surface area contributed by atoms with Gasteiger partial charge in [-0.1, -0.05) is 12.8 Å². The van der Waals surface area contributed by atoms with Crippen molar-refractivity contribution in [3.8, 4) is 0 Å². The summed E-state index contributed by atoms with van der Waals surface area (Å²) in [6.45, 7) is 0.322. The van der Waals surface area contributed by atoms with Crippen molar-refractivity contribution < 1.29 is 9.59 Å². The van der Waals surface area contributed by atoms with Crippen LogP contribution in [0.3, 0.4) is 0 Å². The molecule has 0 spiro atoms. The van der Waals surface area contributed by atoms with Crippen molar-refractivity contribution in [2.75, 3.05) is 5.32 Å². The first kappa shape index (κ1) is 19.4. The van der Waals surface area contributed by atoms with Crippen molar-refractivity contribution >= 4 is 41.2 Å². The smallest absolute Gasteiger partial charge is 0.275 e. The standard InChI is InChI=1S/C17H20N4O2S.ClH/c18-9-15-21-14(10-24-15)17(23)20-13-7-5-11(6-8-13)16(22)19-12-3-1-2-4-12;/h5-8,10,12H,1-4,9,18H2,(H,19,22)(H,20,23);1H. The maximum absolute atomic E-state index is 12.2. The number of aromatic nitrogens is 1. The maximum atomic E-state index is 12.2. The summed E-state index contributed by atoms with van der Waals surface area (Å²) >= 11 is 1.36. The van der Waals surface area contributed by atoms with Crippen LogP contribution >= 0.6 is 23.7 Å². The molecule has 1 aromatic carbocycles. The number of nitrogens with two attached hydrogens (primary N) is 1. The Morgan fingerprint density at radius 3 is 2.44 bits per heavy atom. The van der Waals surface area contributed by atoms with Crippen LogP contribution < -0.4 is 16.4 Å². The number of anilines is 1. The molecular formula is C17H21ClN4O2S. The molecular weight excluding hydrogens is 360 g/mol. The SMILES string of the molecule is Cl.NCc1nc(C(=O)Nc2ccc(C(=O)NC3CCCC3)cc2)cs1. The molecule has 1 heterocycles. The van der Waals surface area contributed by atoms with E-state index in [2.05, 4.69) is 15.6 Å². The number of rotatable bonds is 5. The molecule has 2 amide bonds. The van der Waals surface area contributed by atoms with Gasteiger partial charge in [0, 0.05) is 29.2 Å². The zero-order valence-corrected chi connectivity index (χ0v) is 15.3. The highest BCUT2D eigenvalue weighted by atomic mass is 35.5. The van der Waals surface area contributed by atoms with Crippen molar-refractivity contribution in [1.29, 1.82) is 0 Å². The van der Waals surface area contributed by atoms with Gasteiger partial charge in [0.25, 0.3) is 11.8 Å². The molecule has 4 N–H and O–H groups in total. The average molecular weight is 381 g/mol. The fourth-order valence-electron chi connectivity index (χ4n) is 2.75. The lowest BCUT2D eigenvalue weighted by Gasteiger charge is -2.12. The highest BCUT2D eigenvalue weighted by molar-refractivity contribution is 7.09. The van der Waals surface area contributed by atoms with Crippen LogP contribution in [-0.4, -0.2) is 22.8 Å². The van der Waals surface area contributed by atoms with E-state index in [9.17, 15) is 9.59 Å². The summed E-state index contributed by atoms with van der Waals surface area (Å²) in [6.07, 6.45) is 4.47. The monoisotopic (exact) mass is 380 g/mol. The third kappa shape index (κ3) is 5.01. The number of benzene rings is 1. The van der Waals surface area contributed by atoms with Gasteiger partial charge in [-0.15, -0.1) is 23.7 Å². The number of hydrogen-bond donors (Lipinski definition) is 3. The number of thiazole rings is 1. The summed E-state index contributed by atoms with van der Waals surface area (Å²) in [5.74, 6) is -0.346. The van der Waals surface area contributed by atoms with E-state index in [0.29, 0.717) is 29.5 Å². The second kappa shape index (κ2) is 8.94. The second-order valence-electron chi connectivity index (χ2n) is 5.82. The molecule has 2 aromatic rings. The Morgan fingerprint density at radius 1 is 1.16 bits per heavy atom. The lowest BCUT2D eigenvalue weighted by atomic mass is 10.1. The molecule has 1 aromatic heterocycles. The van der Waals surface area contributed by atoms with Crippen LogP contribution in [0.15, 0.2) is 29.6 Å². The van der Waals surface area contributed by atoms with E-state index in [-0.39, 0.29) is 24.2 Å². The van der Waals surface area contributed by atoms with Crippen LogP contribution in [0.4, 0.5) is 5.69 Å². The zero-order valence-electron chi connectivity index (χ0n) is 13.7. The predicted molar refractivity (Wildman–Crippen MR) is 101 cm³/mol. The van der Waals surface area contributed by atoms with Crippen molar-refractivity contribution in [3.05, 3.63) is 45.9 Å². The van der Waals surface area contributed by atoms with E-state index < -0.39 is 0 Å². The van der Waals surface area contributed by atoms with Gasteiger partial charge < -0.3 is 16.4 Å². The normalized spacial score (nSPS) is 14.0. The van der Waals surface area contributed by atoms with Crippen LogP contribution in [0.2, 0.25) is 0 Å². The zero-order chi connectivity index (χ0) is 16.9. The highest BCUT2D eigenvalue weighted by Gasteiger charge is 2.18. The highest BCUT2D eigenvalue weighted by Crippen LogP contribution is 2.19. The van der Waals surface area contributed by atoms with Gasteiger partial charge in [-0.05, 0) is 37.1 Å². The predicted octanol–water partition coefficient (Wildman–Crippen LogP) is 2.95. The molecule has 0 radical (unpaired) electrons.